The van der Waals surface area contributed by atoms with E-state index in [-0.39, 0.29) is 29.6 Å². The van der Waals surface area contributed by atoms with Gasteiger partial charge in [-0.1, -0.05) is 11.6 Å². The third kappa shape index (κ3) is 6.45. The van der Waals surface area contributed by atoms with Gasteiger partial charge in [-0.15, -0.1) is 0 Å². The van der Waals surface area contributed by atoms with Gasteiger partial charge >= 0.3 is 12.3 Å². The van der Waals surface area contributed by atoms with E-state index < -0.39 is 17.3 Å². The first-order chi connectivity index (χ1) is 12.5. The molecule has 2 rings (SSSR count). The van der Waals surface area contributed by atoms with Crippen LogP contribution in [0.25, 0.3) is 0 Å². The lowest BCUT2D eigenvalue weighted by molar-refractivity contribution is -0.137. The van der Waals surface area contributed by atoms with E-state index in [1.165, 1.54) is 0 Å². The van der Waals surface area contributed by atoms with E-state index in [1.54, 1.807) is 4.90 Å². The van der Waals surface area contributed by atoms with Gasteiger partial charge in [-0.25, -0.2) is 9.78 Å². The molecule has 9 heteroatoms. The summed E-state index contributed by atoms with van der Waals surface area (Å²) in [5.41, 5.74) is -1.50. The first kappa shape index (κ1) is 21.6. The summed E-state index contributed by atoms with van der Waals surface area (Å²) in [4.78, 5) is 17.7. The van der Waals surface area contributed by atoms with Gasteiger partial charge in [0.2, 0.25) is 5.88 Å². The van der Waals surface area contributed by atoms with Crippen LogP contribution in [0.15, 0.2) is 12.3 Å². The van der Waals surface area contributed by atoms with Gasteiger partial charge in [0.1, 0.15) is 10.6 Å². The van der Waals surface area contributed by atoms with Crippen molar-refractivity contribution in [1.82, 2.24) is 9.88 Å². The fraction of sp³-hybridized carbons (Fsp3) is 0.667. The Labute approximate surface area is 161 Å². The second-order valence-electron chi connectivity index (χ2n) is 7.47. The predicted molar refractivity (Wildman–Crippen MR) is 94.9 cm³/mol. The van der Waals surface area contributed by atoms with E-state index in [0.717, 1.165) is 25.3 Å². The number of halogens is 4. The number of aromatic nitrogens is 1. The summed E-state index contributed by atoms with van der Waals surface area (Å²) >= 11 is 5.84. The molecule has 27 heavy (non-hydrogen) atoms. The van der Waals surface area contributed by atoms with Crippen molar-refractivity contribution in [2.24, 2.45) is 0 Å². The molecule has 0 bridgehead atoms. The first-order valence-electron chi connectivity index (χ1n) is 8.82. The molecule has 1 saturated heterocycles. The summed E-state index contributed by atoms with van der Waals surface area (Å²) in [5, 5.41) is -0.197. The predicted octanol–water partition coefficient (Wildman–Crippen LogP) is 5.31. The molecule has 152 valence electrons. The van der Waals surface area contributed by atoms with Crippen molar-refractivity contribution in [3.8, 4) is 5.88 Å². The van der Waals surface area contributed by atoms with Crippen molar-refractivity contribution in [2.75, 3.05) is 13.2 Å². The Bertz CT molecular complexity index is 662. The number of carbonyl (C=O) groups excluding carboxylic acids is 1. The minimum Gasteiger partial charge on any atom is -0.477 e. The summed E-state index contributed by atoms with van der Waals surface area (Å²) in [6.07, 6.45) is -0.959. The lowest BCUT2D eigenvalue weighted by Crippen LogP contribution is -2.46. The number of pyridine rings is 1. The molecule has 0 radical (unpaired) electrons. The Kier molecular flexibility index (Phi) is 6.83. The van der Waals surface area contributed by atoms with Crippen LogP contribution in [0.5, 0.6) is 5.88 Å². The molecule has 0 aromatic carbocycles. The fourth-order valence-corrected chi connectivity index (χ4v) is 3.06. The third-order valence-corrected chi connectivity index (χ3v) is 4.35. The van der Waals surface area contributed by atoms with E-state index in [1.807, 2.05) is 20.8 Å². The molecule has 1 fully saturated rings. The minimum atomic E-state index is -4.51. The van der Waals surface area contributed by atoms with Gasteiger partial charge in [-0.2, -0.15) is 13.2 Å². The average Bonchev–Trinajstić information content (AvgIpc) is 2.54. The molecular formula is C18H24ClF3N2O3. The largest absolute Gasteiger partial charge is 0.477 e. The second kappa shape index (κ2) is 8.54. The van der Waals surface area contributed by atoms with Crippen LogP contribution in [0.4, 0.5) is 18.0 Å². The average molecular weight is 409 g/mol. The number of likely N-dealkylation sites (tertiary alicyclic amines) is 1. The molecule has 1 aliphatic rings. The first-order valence-corrected chi connectivity index (χ1v) is 9.20. The van der Waals surface area contributed by atoms with E-state index in [2.05, 4.69) is 4.98 Å². The number of ether oxygens (including phenoxy) is 2. The van der Waals surface area contributed by atoms with Crippen LogP contribution < -0.4 is 4.74 Å². The quantitative estimate of drug-likeness (QED) is 0.677. The van der Waals surface area contributed by atoms with Gasteiger partial charge in [0.05, 0.1) is 12.2 Å². The third-order valence-electron chi connectivity index (χ3n) is 4.08. The van der Waals surface area contributed by atoms with E-state index in [4.69, 9.17) is 21.1 Å². The molecule has 1 atom stereocenters. The molecule has 0 unspecified atom stereocenters. The maximum absolute atomic E-state index is 12.6. The Morgan fingerprint density at radius 3 is 2.63 bits per heavy atom. The molecule has 1 aromatic heterocycles. The van der Waals surface area contributed by atoms with Gasteiger partial charge < -0.3 is 14.4 Å². The zero-order valence-corrected chi connectivity index (χ0v) is 16.4. The molecular weight excluding hydrogens is 385 g/mol. The maximum atomic E-state index is 12.6. The number of piperidine rings is 1. The molecule has 5 nitrogen and oxygen atoms in total. The van der Waals surface area contributed by atoms with Gasteiger partial charge in [0.15, 0.2) is 0 Å². The summed E-state index contributed by atoms with van der Waals surface area (Å²) in [6, 6.07) is 0.735. The molecule has 0 spiro atoms. The minimum absolute atomic E-state index is 0.0516. The van der Waals surface area contributed by atoms with E-state index in [0.29, 0.717) is 19.2 Å². The summed E-state index contributed by atoms with van der Waals surface area (Å²) in [7, 11) is 0. The van der Waals surface area contributed by atoms with Gasteiger partial charge in [0.25, 0.3) is 0 Å². The summed E-state index contributed by atoms with van der Waals surface area (Å²) in [5.74, 6) is -0.0516. The highest BCUT2D eigenvalue weighted by Gasteiger charge is 2.32. The Morgan fingerprint density at radius 2 is 2.04 bits per heavy atom. The number of amides is 1. The smallest absolute Gasteiger partial charge is 0.417 e. The van der Waals surface area contributed by atoms with Crippen LogP contribution >= 0.6 is 11.6 Å². The van der Waals surface area contributed by atoms with Crippen LogP contribution in [-0.2, 0) is 10.9 Å². The molecule has 0 N–H and O–H groups in total. The molecule has 1 aliphatic heterocycles. The van der Waals surface area contributed by atoms with Crippen molar-refractivity contribution in [3.63, 3.8) is 0 Å². The molecule has 1 aromatic rings. The molecule has 0 saturated carbocycles. The van der Waals surface area contributed by atoms with Crippen LogP contribution in [0.1, 0.15) is 52.0 Å². The lowest BCUT2D eigenvalue weighted by atomic mass is 10.0. The fourth-order valence-electron chi connectivity index (χ4n) is 2.84. The Balaban J connectivity index is 1.93. The van der Waals surface area contributed by atoms with Crippen LogP contribution in [0, 0.1) is 0 Å². The number of hydrogen-bond donors (Lipinski definition) is 0. The van der Waals surface area contributed by atoms with Crippen molar-refractivity contribution in [1.29, 1.82) is 0 Å². The van der Waals surface area contributed by atoms with Crippen molar-refractivity contribution in [3.05, 3.63) is 22.8 Å². The highest BCUT2D eigenvalue weighted by Crippen LogP contribution is 2.33. The summed E-state index contributed by atoms with van der Waals surface area (Å²) < 4.78 is 48.8. The molecule has 0 aliphatic carbocycles. The van der Waals surface area contributed by atoms with Crippen LogP contribution in [0.2, 0.25) is 5.02 Å². The summed E-state index contributed by atoms with van der Waals surface area (Å²) in [6.45, 7) is 6.22. The van der Waals surface area contributed by atoms with E-state index in [9.17, 15) is 18.0 Å². The topological polar surface area (TPSA) is 51.7 Å². The number of alkyl halides is 3. The zero-order valence-electron chi connectivity index (χ0n) is 15.6. The monoisotopic (exact) mass is 408 g/mol. The molecule has 2 heterocycles. The number of nitrogens with zero attached hydrogens (tertiary/aromatic N) is 2. The van der Waals surface area contributed by atoms with Crippen molar-refractivity contribution < 1.29 is 27.4 Å². The second-order valence-corrected chi connectivity index (χ2v) is 7.88. The highest BCUT2D eigenvalue weighted by molar-refractivity contribution is 6.31. The van der Waals surface area contributed by atoms with E-state index >= 15 is 0 Å². The van der Waals surface area contributed by atoms with Crippen molar-refractivity contribution in [2.45, 2.75) is 64.3 Å². The van der Waals surface area contributed by atoms with Crippen molar-refractivity contribution >= 4 is 17.7 Å². The van der Waals surface area contributed by atoms with Gasteiger partial charge in [-0.3, -0.25) is 0 Å². The SMILES string of the molecule is CC(C)(C)OC(=O)N1CCCC[C@@H]1CCOc1ncc(C(F)(F)F)cc1Cl. The van der Waals surface area contributed by atoms with Crippen LogP contribution in [-0.4, -0.2) is 40.8 Å². The van der Waals surface area contributed by atoms with Gasteiger partial charge in [0, 0.05) is 25.2 Å². The molecule has 1 amide bonds. The maximum Gasteiger partial charge on any atom is 0.417 e. The number of carbonyl (C=O) groups is 1. The van der Waals surface area contributed by atoms with Gasteiger partial charge in [-0.05, 0) is 46.1 Å². The number of rotatable bonds is 4. The Morgan fingerprint density at radius 1 is 1.33 bits per heavy atom. The normalized spacial score (nSPS) is 18.3. The lowest BCUT2D eigenvalue weighted by Gasteiger charge is -2.36. The number of hydrogen-bond acceptors (Lipinski definition) is 4. The highest BCUT2D eigenvalue weighted by atomic mass is 35.5. The Hall–Kier alpha value is -1.70. The zero-order chi connectivity index (χ0) is 20.2. The van der Waals surface area contributed by atoms with Crippen LogP contribution in [0.3, 0.4) is 0 Å². The standard InChI is InChI=1S/C18H24ClF3N2O3/c1-17(2,3)27-16(25)24-8-5-4-6-13(24)7-9-26-15-14(19)10-12(11-23-15)18(20,21)22/h10-11,13H,4-9H2,1-3H3/t13-/m1/s1.